The number of fused-ring (bicyclic) bond motifs is 1. The molecule has 2 aromatic carbocycles. The predicted molar refractivity (Wildman–Crippen MR) is 111 cm³/mol. The average Bonchev–Trinajstić information content (AvgIpc) is 3.27. The number of benzene rings is 2. The zero-order chi connectivity index (χ0) is 20.4. The van der Waals surface area contributed by atoms with E-state index in [1.165, 1.54) is 40.6 Å². The van der Waals surface area contributed by atoms with Gasteiger partial charge >= 0.3 is 0 Å². The van der Waals surface area contributed by atoms with E-state index >= 15 is 0 Å². The van der Waals surface area contributed by atoms with Crippen LogP contribution in [0.25, 0.3) is 16.6 Å². The summed E-state index contributed by atoms with van der Waals surface area (Å²) in [4.78, 5) is 42.5. The Bertz CT molecular complexity index is 1140. The van der Waals surface area contributed by atoms with Crippen LogP contribution in [0.4, 0.5) is 5.69 Å². The fourth-order valence-corrected chi connectivity index (χ4v) is 4.26. The van der Waals surface area contributed by atoms with E-state index in [4.69, 9.17) is 0 Å². The van der Waals surface area contributed by atoms with E-state index in [0.29, 0.717) is 21.7 Å². The summed E-state index contributed by atoms with van der Waals surface area (Å²) in [6, 6.07) is 12.7. The Balaban J connectivity index is 1.75. The van der Waals surface area contributed by atoms with E-state index in [1.807, 2.05) is 4.90 Å². The van der Waals surface area contributed by atoms with E-state index in [-0.39, 0.29) is 22.9 Å². The second kappa shape index (κ2) is 8.04. The number of carbonyl (C=O) groups excluding carboxylic acids is 1. The molecule has 1 aromatic heterocycles. The molecule has 0 spiro atoms. The minimum Gasteiger partial charge on any atom is -0.342 e. The van der Waals surface area contributed by atoms with Crippen molar-refractivity contribution in [2.24, 2.45) is 0 Å². The first kappa shape index (κ1) is 19.1. The maximum Gasteiger partial charge on any atom is 0.269 e. The van der Waals surface area contributed by atoms with Gasteiger partial charge in [0.1, 0.15) is 0 Å². The van der Waals surface area contributed by atoms with Crippen LogP contribution in [0.3, 0.4) is 0 Å². The first-order valence-electron chi connectivity index (χ1n) is 9.22. The van der Waals surface area contributed by atoms with Gasteiger partial charge in [0.15, 0.2) is 5.16 Å². The standard InChI is InChI=1S/C20H18N4O4S/c25-18(22-11-3-4-12-22)13-29-20-21-17-6-2-1-5-16(17)19(26)23(20)14-7-9-15(10-8-14)24(27)28/h1-2,5-10H,3-4,11-13H2. The van der Waals surface area contributed by atoms with Gasteiger partial charge in [-0.05, 0) is 37.1 Å². The van der Waals surface area contributed by atoms with Gasteiger partial charge in [0.05, 0.1) is 27.3 Å². The van der Waals surface area contributed by atoms with Crippen molar-refractivity contribution in [3.05, 3.63) is 69.0 Å². The summed E-state index contributed by atoms with van der Waals surface area (Å²) in [7, 11) is 0. The van der Waals surface area contributed by atoms with Crippen molar-refractivity contribution in [2.45, 2.75) is 18.0 Å². The first-order valence-corrected chi connectivity index (χ1v) is 10.2. The molecule has 4 rings (SSSR count). The van der Waals surface area contributed by atoms with Crippen LogP contribution in [0, 0.1) is 10.1 Å². The fourth-order valence-electron chi connectivity index (χ4n) is 3.34. The molecule has 1 aliphatic heterocycles. The number of non-ortho nitro benzene ring substituents is 1. The van der Waals surface area contributed by atoms with E-state index in [1.54, 1.807) is 24.3 Å². The molecule has 1 amide bonds. The summed E-state index contributed by atoms with van der Waals surface area (Å²) in [6.45, 7) is 1.53. The molecule has 1 saturated heterocycles. The molecule has 0 bridgehead atoms. The number of nitrogens with zero attached hydrogens (tertiary/aromatic N) is 4. The van der Waals surface area contributed by atoms with Crippen molar-refractivity contribution in [3.8, 4) is 5.69 Å². The Labute approximate surface area is 170 Å². The number of likely N-dealkylation sites (tertiary alicyclic amines) is 1. The van der Waals surface area contributed by atoms with Gasteiger partial charge in [-0.25, -0.2) is 4.98 Å². The molecule has 0 radical (unpaired) electrons. The SMILES string of the molecule is O=C(CSc1nc2ccccc2c(=O)n1-c1ccc([N+](=O)[O-])cc1)N1CCCC1. The number of carbonyl (C=O) groups is 1. The summed E-state index contributed by atoms with van der Waals surface area (Å²) >= 11 is 1.20. The zero-order valence-corrected chi connectivity index (χ0v) is 16.3. The van der Waals surface area contributed by atoms with Crippen molar-refractivity contribution in [1.82, 2.24) is 14.5 Å². The lowest BCUT2D eigenvalue weighted by Gasteiger charge is -2.16. The smallest absolute Gasteiger partial charge is 0.269 e. The fraction of sp³-hybridized carbons (Fsp3) is 0.250. The summed E-state index contributed by atoms with van der Waals surface area (Å²) in [6.07, 6.45) is 2.02. The molecule has 9 heteroatoms. The van der Waals surface area contributed by atoms with E-state index < -0.39 is 4.92 Å². The predicted octanol–water partition coefficient (Wildman–Crippen LogP) is 3.01. The normalized spacial score (nSPS) is 13.7. The summed E-state index contributed by atoms with van der Waals surface area (Å²) in [5.74, 6) is 0.197. The Kier molecular flexibility index (Phi) is 5.30. The van der Waals surface area contributed by atoms with Gasteiger partial charge in [-0.3, -0.25) is 24.3 Å². The highest BCUT2D eigenvalue weighted by Gasteiger charge is 2.20. The third kappa shape index (κ3) is 3.86. The number of hydrogen-bond acceptors (Lipinski definition) is 6. The summed E-state index contributed by atoms with van der Waals surface area (Å²) < 4.78 is 1.41. The van der Waals surface area contributed by atoms with Crippen LogP contribution >= 0.6 is 11.8 Å². The molecule has 0 unspecified atom stereocenters. The number of amides is 1. The molecular weight excluding hydrogens is 392 g/mol. The molecule has 148 valence electrons. The lowest BCUT2D eigenvalue weighted by molar-refractivity contribution is -0.384. The van der Waals surface area contributed by atoms with Crippen LogP contribution < -0.4 is 5.56 Å². The molecular formula is C20H18N4O4S. The molecule has 3 aromatic rings. The van der Waals surface area contributed by atoms with Gasteiger partial charge in [0, 0.05) is 25.2 Å². The number of para-hydroxylation sites is 1. The van der Waals surface area contributed by atoms with Gasteiger partial charge in [-0.15, -0.1) is 0 Å². The van der Waals surface area contributed by atoms with Crippen LogP contribution in [0.2, 0.25) is 0 Å². The molecule has 0 aliphatic carbocycles. The lowest BCUT2D eigenvalue weighted by Crippen LogP contribution is -2.29. The topological polar surface area (TPSA) is 98.3 Å². The molecule has 1 aliphatic rings. The lowest BCUT2D eigenvalue weighted by atomic mass is 10.2. The number of thioether (sulfide) groups is 1. The number of hydrogen-bond donors (Lipinski definition) is 0. The Morgan fingerprint density at radius 2 is 1.79 bits per heavy atom. The number of nitro groups is 1. The Hall–Kier alpha value is -3.20. The van der Waals surface area contributed by atoms with Crippen LogP contribution in [0.15, 0.2) is 58.5 Å². The Morgan fingerprint density at radius 3 is 2.48 bits per heavy atom. The molecule has 8 nitrogen and oxygen atoms in total. The van der Waals surface area contributed by atoms with Crippen LogP contribution in [0.5, 0.6) is 0 Å². The maximum atomic E-state index is 13.1. The number of rotatable bonds is 5. The van der Waals surface area contributed by atoms with Crippen molar-refractivity contribution in [3.63, 3.8) is 0 Å². The van der Waals surface area contributed by atoms with E-state index in [9.17, 15) is 19.7 Å². The second-order valence-corrected chi connectivity index (χ2v) is 7.64. The highest BCUT2D eigenvalue weighted by Crippen LogP contribution is 2.23. The molecule has 0 atom stereocenters. The summed E-state index contributed by atoms with van der Waals surface area (Å²) in [5, 5.41) is 11.8. The Morgan fingerprint density at radius 1 is 1.10 bits per heavy atom. The monoisotopic (exact) mass is 410 g/mol. The quantitative estimate of drug-likeness (QED) is 0.278. The third-order valence-corrected chi connectivity index (χ3v) is 5.77. The largest absolute Gasteiger partial charge is 0.342 e. The van der Waals surface area contributed by atoms with Crippen LogP contribution in [-0.2, 0) is 4.79 Å². The van der Waals surface area contributed by atoms with Gasteiger partial charge in [0.2, 0.25) is 5.91 Å². The van der Waals surface area contributed by atoms with Crippen molar-refractivity contribution in [1.29, 1.82) is 0 Å². The van der Waals surface area contributed by atoms with Gasteiger partial charge < -0.3 is 4.90 Å². The average molecular weight is 410 g/mol. The number of aromatic nitrogens is 2. The van der Waals surface area contributed by atoms with Crippen molar-refractivity contribution >= 4 is 34.3 Å². The third-order valence-electron chi connectivity index (χ3n) is 4.85. The molecule has 1 fully saturated rings. The van der Waals surface area contributed by atoms with Gasteiger partial charge in [0.25, 0.3) is 11.2 Å². The second-order valence-electron chi connectivity index (χ2n) is 6.70. The highest BCUT2D eigenvalue weighted by molar-refractivity contribution is 7.99. The van der Waals surface area contributed by atoms with Crippen LogP contribution in [0.1, 0.15) is 12.8 Å². The minimum atomic E-state index is -0.491. The first-order chi connectivity index (χ1) is 14.0. The van der Waals surface area contributed by atoms with E-state index in [2.05, 4.69) is 4.98 Å². The van der Waals surface area contributed by atoms with Gasteiger partial charge in [-0.2, -0.15) is 0 Å². The molecule has 29 heavy (non-hydrogen) atoms. The maximum absolute atomic E-state index is 13.1. The molecule has 0 N–H and O–H groups in total. The highest BCUT2D eigenvalue weighted by atomic mass is 32.2. The van der Waals surface area contributed by atoms with Gasteiger partial charge in [-0.1, -0.05) is 23.9 Å². The van der Waals surface area contributed by atoms with Crippen molar-refractivity contribution < 1.29 is 9.72 Å². The van der Waals surface area contributed by atoms with E-state index in [0.717, 1.165) is 25.9 Å². The summed E-state index contributed by atoms with van der Waals surface area (Å²) in [5.41, 5.74) is 0.677. The zero-order valence-electron chi connectivity index (χ0n) is 15.5. The number of nitro benzene ring substituents is 1. The van der Waals surface area contributed by atoms with Crippen LogP contribution in [-0.4, -0.2) is 44.1 Å². The minimum absolute atomic E-state index is 0.0187. The van der Waals surface area contributed by atoms with Crippen molar-refractivity contribution in [2.75, 3.05) is 18.8 Å². The molecule has 0 saturated carbocycles. The molecule has 2 heterocycles.